The Morgan fingerprint density at radius 3 is 1.88 bits per heavy atom. The molecule has 5 heteroatoms. The van der Waals surface area contributed by atoms with Crippen LogP contribution >= 0.6 is 0 Å². The van der Waals surface area contributed by atoms with Crippen LogP contribution in [0.4, 0.5) is 0 Å². The molecule has 0 aromatic heterocycles. The van der Waals surface area contributed by atoms with Gasteiger partial charge in [0, 0.05) is 13.1 Å². The molecule has 1 rings (SSSR count). The molecule has 1 heterocycles. The summed E-state index contributed by atoms with van der Waals surface area (Å²) in [6, 6.07) is 0. The minimum atomic E-state index is -1.30. The van der Waals surface area contributed by atoms with Crippen LogP contribution < -0.4 is 0 Å². The zero-order chi connectivity index (χ0) is 12.6. The normalized spacial score (nSPS) is 19.8. The van der Waals surface area contributed by atoms with Gasteiger partial charge in [-0.2, -0.15) is 0 Å². The molecule has 0 aromatic rings. The maximum absolute atomic E-state index is 12.0. The van der Waals surface area contributed by atoms with Gasteiger partial charge in [-0.05, 0) is 27.7 Å². The van der Waals surface area contributed by atoms with Gasteiger partial charge in [-0.3, -0.25) is 4.90 Å². The third-order valence-electron chi connectivity index (χ3n) is 2.46. The van der Waals surface area contributed by atoms with Crippen LogP contribution in [0.5, 0.6) is 0 Å². The lowest BCUT2D eigenvalue weighted by Gasteiger charge is -2.30. The summed E-state index contributed by atoms with van der Waals surface area (Å²) >= 11 is 0. The van der Waals surface area contributed by atoms with E-state index in [0.717, 1.165) is 0 Å². The predicted octanol–water partition coefficient (Wildman–Crippen LogP) is 0.575. The summed E-state index contributed by atoms with van der Waals surface area (Å²) in [6.45, 7) is 8.27. The van der Waals surface area contributed by atoms with Crippen molar-refractivity contribution >= 4 is 11.9 Å². The number of rotatable bonds is 3. The summed E-state index contributed by atoms with van der Waals surface area (Å²) in [5.41, 5.74) is -1.91. The molecule has 16 heavy (non-hydrogen) atoms. The van der Waals surface area contributed by atoms with Crippen LogP contribution in [0, 0.1) is 0 Å². The third kappa shape index (κ3) is 2.52. The van der Waals surface area contributed by atoms with Crippen LogP contribution in [0.1, 0.15) is 27.7 Å². The average molecular weight is 229 g/mol. The van der Waals surface area contributed by atoms with Gasteiger partial charge >= 0.3 is 11.9 Å². The topological polar surface area (TPSA) is 55.6 Å². The summed E-state index contributed by atoms with van der Waals surface area (Å²) < 4.78 is 9.92. The monoisotopic (exact) mass is 229 g/mol. The molecule has 0 N–H and O–H groups in total. The maximum Gasteiger partial charge on any atom is 0.338 e. The van der Waals surface area contributed by atoms with Crippen molar-refractivity contribution in [1.82, 2.24) is 4.90 Å². The van der Waals surface area contributed by atoms with Crippen molar-refractivity contribution in [2.24, 2.45) is 0 Å². The molecule has 92 valence electrons. The largest absolute Gasteiger partial charge is 0.467 e. The molecule has 1 atom stereocenters. The minimum absolute atomic E-state index is 0.552. The highest BCUT2D eigenvalue weighted by Crippen LogP contribution is 2.27. The number of methoxy groups -OCH3 is 1. The Morgan fingerprint density at radius 2 is 1.56 bits per heavy atom. The molecule has 0 saturated carbocycles. The fourth-order valence-corrected chi connectivity index (χ4v) is 1.41. The van der Waals surface area contributed by atoms with Crippen LogP contribution in [-0.2, 0) is 19.1 Å². The summed E-state index contributed by atoms with van der Waals surface area (Å²) in [5.74, 6) is -1.12. The molecular weight excluding hydrogens is 210 g/mol. The van der Waals surface area contributed by atoms with E-state index in [1.165, 1.54) is 7.11 Å². The van der Waals surface area contributed by atoms with E-state index in [2.05, 4.69) is 4.74 Å². The fourth-order valence-electron chi connectivity index (χ4n) is 1.41. The van der Waals surface area contributed by atoms with E-state index >= 15 is 0 Å². The molecule has 1 aliphatic heterocycles. The van der Waals surface area contributed by atoms with E-state index in [1.54, 1.807) is 32.6 Å². The SMILES string of the molecule is COC(=O)C(C)(C(=O)OC(C)(C)C)N1CC1. The number of esters is 2. The lowest BCUT2D eigenvalue weighted by atomic mass is 10.0. The van der Waals surface area contributed by atoms with Gasteiger partial charge in [0.25, 0.3) is 0 Å². The fraction of sp³-hybridized carbons (Fsp3) is 0.818. The Labute approximate surface area is 95.7 Å². The van der Waals surface area contributed by atoms with Gasteiger partial charge in [-0.1, -0.05) is 0 Å². The Morgan fingerprint density at radius 1 is 1.06 bits per heavy atom. The van der Waals surface area contributed by atoms with Crippen LogP contribution in [-0.4, -0.2) is 48.2 Å². The molecule has 5 nitrogen and oxygen atoms in total. The van der Waals surface area contributed by atoms with Gasteiger partial charge in [0.2, 0.25) is 5.54 Å². The van der Waals surface area contributed by atoms with Crippen LogP contribution in [0.25, 0.3) is 0 Å². The third-order valence-corrected chi connectivity index (χ3v) is 2.46. The molecule has 0 spiro atoms. The van der Waals surface area contributed by atoms with Crippen molar-refractivity contribution in [3.8, 4) is 0 Å². The van der Waals surface area contributed by atoms with E-state index in [-0.39, 0.29) is 0 Å². The first-order chi connectivity index (χ1) is 7.21. The molecule has 1 fully saturated rings. The minimum Gasteiger partial charge on any atom is -0.467 e. The molecule has 0 amide bonds. The summed E-state index contributed by atoms with van der Waals surface area (Å²) in [5, 5.41) is 0. The van der Waals surface area contributed by atoms with Gasteiger partial charge in [0.1, 0.15) is 5.60 Å². The standard InChI is InChI=1S/C11H19NO4/c1-10(2,3)16-9(14)11(4,8(13)15-5)12-6-7-12/h6-7H2,1-5H3. The van der Waals surface area contributed by atoms with Crippen LogP contribution in [0.3, 0.4) is 0 Å². The van der Waals surface area contributed by atoms with Crippen molar-refractivity contribution in [2.45, 2.75) is 38.8 Å². The Balaban J connectivity index is 2.85. The molecular formula is C11H19NO4. The second kappa shape index (κ2) is 4.05. The van der Waals surface area contributed by atoms with Gasteiger partial charge in [0.15, 0.2) is 0 Å². The molecule has 0 aromatic carbocycles. The van der Waals surface area contributed by atoms with Gasteiger partial charge in [-0.25, -0.2) is 9.59 Å². The first-order valence-corrected chi connectivity index (χ1v) is 5.28. The van der Waals surface area contributed by atoms with E-state index in [1.807, 2.05) is 0 Å². The lowest BCUT2D eigenvalue weighted by molar-refractivity contribution is -0.175. The maximum atomic E-state index is 12.0. The molecule has 0 aliphatic carbocycles. The van der Waals surface area contributed by atoms with E-state index < -0.39 is 23.1 Å². The zero-order valence-corrected chi connectivity index (χ0v) is 10.5. The molecule has 1 aliphatic rings. The Bertz CT molecular complexity index is 304. The number of ether oxygens (including phenoxy) is 2. The van der Waals surface area contributed by atoms with E-state index in [0.29, 0.717) is 13.1 Å². The number of carbonyl (C=O) groups excluding carboxylic acids is 2. The van der Waals surface area contributed by atoms with Crippen LogP contribution in [0.15, 0.2) is 0 Å². The van der Waals surface area contributed by atoms with Crippen molar-refractivity contribution in [3.63, 3.8) is 0 Å². The van der Waals surface area contributed by atoms with Crippen molar-refractivity contribution < 1.29 is 19.1 Å². The summed E-state index contributed by atoms with van der Waals surface area (Å²) in [6.07, 6.45) is 0. The number of hydrogen-bond donors (Lipinski definition) is 0. The molecule has 1 saturated heterocycles. The highest BCUT2D eigenvalue weighted by molar-refractivity contribution is 6.04. The van der Waals surface area contributed by atoms with E-state index in [9.17, 15) is 9.59 Å². The van der Waals surface area contributed by atoms with Gasteiger partial charge in [-0.15, -0.1) is 0 Å². The van der Waals surface area contributed by atoms with Crippen molar-refractivity contribution in [2.75, 3.05) is 20.2 Å². The number of hydrogen-bond acceptors (Lipinski definition) is 5. The van der Waals surface area contributed by atoms with Gasteiger partial charge < -0.3 is 9.47 Å². The first kappa shape index (κ1) is 13.0. The van der Waals surface area contributed by atoms with Crippen LogP contribution in [0.2, 0.25) is 0 Å². The zero-order valence-electron chi connectivity index (χ0n) is 10.5. The highest BCUT2D eigenvalue weighted by atomic mass is 16.6. The number of carbonyl (C=O) groups is 2. The average Bonchev–Trinajstić information content (AvgIpc) is 2.95. The predicted molar refractivity (Wildman–Crippen MR) is 57.8 cm³/mol. The summed E-state index contributed by atoms with van der Waals surface area (Å²) in [4.78, 5) is 25.4. The Kier molecular flexibility index (Phi) is 3.28. The smallest absolute Gasteiger partial charge is 0.338 e. The second-order valence-corrected chi connectivity index (χ2v) is 5.05. The lowest BCUT2D eigenvalue weighted by Crippen LogP contribution is -2.53. The first-order valence-electron chi connectivity index (χ1n) is 5.28. The Hall–Kier alpha value is -1.10. The second-order valence-electron chi connectivity index (χ2n) is 5.05. The quantitative estimate of drug-likeness (QED) is 0.402. The van der Waals surface area contributed by atoms with Crippen molar-refractivity contribution in [3.05, 3.63) is 0 Å². The molecule has 1 unspecified atom stereocenters. The molecule has 0 radical (unpaired) electrons. The van der Waals surface area contributed by atoms with Gasteiger partial charge in [0.05, 0.1) is 7.11 Å². The molecule has 0 bridgehead atoms. The summed E-state index contributed by atoms with van der Waals surface area (Å²) in [7, 11) is 1.27. The highest BCUT2D eigenvalue weighted by Gasteiger charge is 2.54. The number of nitrogens with zero attached hydrogens (tertiary/aromatic N) is 1. The van der Waals surface area contributed by atoms with Crippen molar-refractivity contribution in [1.29, 1.82) is 0 Å². The van der Waals surface area contributed by atoms with E-state index in [4.69, 9.17) is 4.74 Å².